The molecule has 154 valence electrons. The van der Waals surface area contributed by atoms with Crippen molar-refractivity contribution >= 4 is 17.9 Å². The van der Waals surface area contributed by atoms with Crippen molar-refractivity contribution in [2.24, 2.45) is 0 Å². The van der Waals surface area contributed by atoms with Gasteiger partial charge in [0.05, 0.1) is 23.5 Å². The van der Waals surface area contributed by atoms with E-state index in [1.165, 1.54) is 19.3 Å². The Kier molecular flexibility index (Phi) is 5.42. The highest BCUT2D eigenvalue weighted by molar-refractivity contribution is 7.99. The predicted molar refractivity (Wildman–Crippen MR) is 114 cm³/mol. The van der Waals surface area contributed by atoms with E-state index in [0.29, 0.717) is 23.8 Å². The zero-order chi connectivity index (χ0) is 20.6. The molecule has 4 rings (SSSR count). The number of ether oxygens (including phenoxy) is 1. The Labute approximate surface area is 175 Å². The Morgan fingerprint density at radius 3 is 2.55 bits per heavy atom. The van der Waals surface area contributed by atoms with Crippen LogP contribution in [0.5, 0.6) is 0 Å². The SMILES string of the molecule is CC(C)(C)OC(=O)N1CCc2nc(SC3CCC3)n(-c3ccccc3)c(=O)c2C1. The maximum absolute atomic E-state index is 13.5. The van der Waals surface area contributed by atoms with Crippen LogP contribution in [-0.4, -0.2) is 37.9 Å². The second-order valence-corrected chi connectivity index (χ2v) is 9.89. The molecule has 0 unspecified atom stereocenters. The van der Waals surface area contributed by atoms with Crippen LogP contribution in [0.25, 0.3) is 5.69 Å². The summed E-state index contributed by atoms with van der Waals surface area (Å²) in [5, 5.41) is 1.28. The molecule has 29 heavy (non-hydrogen) atoms. The number of hydrogen-bond donors (Lipinski definition) is 0. The number of thioether (sulfide) groups is 1. The van der Waals surface area contributed by atoms with E-state index in [0.717, 1.165) is 16.5 Å². The summed E-state index contributed by atoms with van der Waals surface area (Å²) in [5.74, 6) is 0. The fraction of sp³-hybridized carbons (Fsp3) is 0.500. The molecular formula is C22H27N3O3S. The minimum atomic E-state index is -0.566. The van der Waals surface area contributed by atoms with Gasteiger partial charge in [0.15, 0.2) is 5.16 Å². The monoisotopic (exact) mass is 413 g/mol. The van der Waals surface area contributed by atoms with Gasteiger partial charge in [0.25, 0.3) is 5.56 Å². The molecule has 1 saturated carbocycles. The van der Waals surface area contributed by atoms with E-state index < -0.39 is 5.60 Å². The largest absolute Gasteiger partial charge is 0.444 e. The lowest BCUT2D eigenvalue weighted by Gasteiger charge is -2.31. The first-order valence-corrected chi connectivity index (χ1v) is 11.0. The van der Waals surface area contributed by atoms with Gasteiger partial charge in [-0.25, -0.2) is 9.78 Å². The minimum Gasteiger partial charge on any atom is -0.444 e. The second-order valence-electron chi connectivity index (χ2n) is 8.62. The number of carbonyl (C=O) groups excluding carboxylic acids is 1. The number of benzene rings is 1. The Balaban J connectivity index is 1.71. The lowest BCUT2D eigenvalue weighted by atomic mass is 10.0. The number of fused-ring (bicyclic) bond motifs is 1. The van der Waals surface area contributed by atoms with Gasteiger partial charge >= 0.3 is 6.09 Å². The number of para-hydroxylation sites is 1. The number of amides is 1. The molecule has 6 nitrogen and oxygen atoms in total. The summed E-state index contributed by atoms with van der Waals surface area (Å²) in [6, 6.07) is 9.63. The molecule has 1 aromatic heterocycles. The summed E-state index contributed by atoms with van der Waals surface area (Å²) in [4.78, 5) is 32.5. The first kappa shape index (κ1) is 20.0. The summed E-state index contributed by atoms with van der Waals surface area (Å²) in [6.45, 7) is 6.28. The van der Waals surface area contributed by atoms with Crippen LogP contribution in [0.2, 0.25) is 0 Å². The van der Waals surface area contributed by atoms with Crippen molar-refractivity contribution in [3.63, 3.8) is 0 Å². The van der Waals surface area contributed by atoms with Gasteiger partial charge in [-0.3, -0.25) is 9.36 Å². The molecule has 0 saturated heterocycles. The standard InChI is InChI=1S/C22H27N3O3S/c1-22(2,3)28-21(27)24-13-12-18-17(14-24)19(26)25(15-8-5-4-6-9-15)20(23-18)29-16-10-7-11-16/h4-6,8-9,16H,7,10-14H2,1-3H3. The molecule has 0 bridgehead atoms. The molecule has 2 aromatic rings. The molecular weight excluding hydrogens is 386 g/mol. The molecule has 7 heteroatoms. The molecule has 0 N–H and O–H groups in total. The summed E-state index contributed by atoms with van der Waals surface area (Å²) >= 11 is 1.70. The Bertz CT molecular complexity index is 962. The first-order chi connectivity index (χ1) is 13.8. The summed E-state index contributed by atoms with van der Waals surface area (Å²) in [5.41, 5.74) is 1.55. The van der Waals surface area contributed by atoms with Crippen LogP contribution in [0, 0.1) is 0 Å². The molecule has 0 atom stereocenters. The van der Waals surface area contributed by atoms with Crippen LogP contribution in [-0.2, 0) is 17.7 Å². The smallest absolute Gasteiger partial charge is 0.410 e. The highest BCUT2D eigenvalue weighted by atomic mass is 32.2. The lowest BCUT2D eigenvalue weighted by Crippen LogP contribution is -2.43. The molecule has 1 aliphatic carbocycles. The highest BCUT2D eigenvalue weighted by Crippen LogP contribution is 2.36. The van der Waals surface area contributed by atoms with E-state index in [2.05, 4.69) is 0 Å². The van der Waals surface area contributed by atoms with Gasteiger partial charge in [0.2, 0.25) is 0 Å². The molecule has 1 amide bonds. The number of nitrogens with zero attached hydrogens (tertiary/aromatic N) is 3. The molecule has 1 aliphatic heterocycles. The summed E-state index contributed by atoms with van der Waals surface area (Å²) in [6.07, 6.45) is 3.75. The maximum Gasteiger partial charge on any atom is 0.410 e. The van der Waals surface area contributed by atoms with E-state index >= 15 is 0 Å². The third-order valence-electron chi connectivity index (χ3n) is 5.19. The van der Waals surface area contributed by atoms with Crippen LogP contribution in [0.15, 0.2) is 40.3 Å². The normalized spacial score (nSPS) is 16.9. The van der Waals surface area contributed by atoms with Gasteiger partial charge < -0.3 is 9.64 Å². The van der Waals surface area contributed by atoms with Gasteiger partial charge in [-0.2, -0.15) is 0 Å². The molecule has 0 spiro atoms. The molecule has 1 fully saturated rings. The van der Waals surface area contributed by atoms with Crippen LogP contribution < -0.4 is 5.56 Å². The number of aromatic nitrogens is 2. The zero-order valence-corrected chi connectivity index (χ0v) is 18.0. The van der Waals surface area contributed by atoms with Crippen molar-refractivity contribution in [1.82, 2.24) is 14.5 Å². The van der Waals surface area contributed by atoms with Crippen molar-refractivity contribution in [3.05, 3.63) is 51.9 Å². The Morgan fingerprint density at radius 2 is 1.93 bits per heavy atom. The van der Waals surface area contributed by atoms with Crippen LogP contribution in [0.4, 0.5) is 4.79 Å². The van der Waals surface area contributed by atoms with E-state index in [4.69, 9.17) is 9.72 Å². The lowest BCUT2D eigenvalue weighted by molar-refractivity contribution is 0.0221. The fourth-order valence-electron chi connectivity index (χ4n) is 3.46. The van der Waals surface area contributed by atoms with Gasteiger partial charge in [0.1, 0.15) is 5.60 Å². The van der Waals surface area contributed by atoms with Crippen molar-refractivity contribution in [3.8, 4) is 5.69 Å². The third kappa shape index (κ3) is 4.34. The molecule has 2 heterocycles. The van der Waals surface area contributed by atoms with Crippen molar-refractivity contribution < 1.29 is 9.53 Å². The maximum atomic E-state index is 13.5. The van der Waals surface area contributed by atoms with E-state index in [-0.39, 0.29) is 18.2 Å². The molecule has 2 aliphatic rings. The van der Waals surface area contributed by atoms with Crippen molar-refractivity contribution in [2.45, 2.75) is 69.0 Å². The number of hydrogen-bond acceptors (Lipinski definition) is 5. The third-order valence-corrected chi connectivity index (χ3v) is 6.48. The summed E-state index contributed by atoms with van der Waals surface area (Å²) in [7, 11) is 0. The fourth-order valence-corrected chi connectivity index (χ4v) is 4.78. The first-order valence-electron chi connectivity index (χ1n) is 10.2. The number of carbonyl (C=O) groups is 1. The average molecular weight is 414 g/mol. The van der Waals surface area contributed by atoms with Gasteiger partial charge in [-0.15, -0.1) is 0 Å². The van der Waals surface area contributed by atoms with Crippen molar-refractivity contribution in [2.75, 3.05) is 6.54 Å². The van der Waals surface area contributed by atoms with E-state index in [1.807, 2.05) is 51.1 Å². The zero-order valence-electron chi connectivity index (χ0n) is 17.2. The predicted octanol–water partition coefficient (Wildman–Crippen LogP) is 4.17. The van der Waals surface area contributed by atoms with E-state index in [9.17, 15) is 9.59 Å². The van der Waals surface area contributed by atoms with Crippen LogP contribution >= 0.6 is 11.8 Å². The second kappa shape index (κ2) is 7.86. The van der Waals surface area contributed by atoms with Gasteiger partial charge in [-0.1, -0.05) is 36.4 Å². The molecule has 1 aromatic carbocycles. The minimum absolute atomic E-state index is 0.0868. The van der Waals surface area contributed by atoms with Gasteiger partial charge in [-0.05, 0) is 45.7 Å². The van der Waals surface area contributed by atoms with Crippen LogP contribution in [0.1, 0.15) is 51.3 Å². The Hall–Kier alpha value is -2.28. The Morgan fingerprint density at radius 1 is 1.21 bits per heavy atom. The van der Waals surface area contributed by atoms with Crippen molar-refractivity contribution in [1.29, 1.82) is 0 Å². The highest BCUT2D eigenvalue weighted by Gasteiger charge is 2.30. The molecule has 0 radical (unpaired) electrons. The average Bonchev–Trinajstić information content (AvgIpc) is 2.64. The van der Waals surface area contributed by atoms with Crippen LogP contribution in [0.3, 0.4) is 0 Å². The summed E-state index contributed by atoms with van der Waals surface area (Å²) < 4.78 is 7.21. The quantitative estimate of drug-likeness (QED) is 0.707. The topological polar surface area (TPSA) is 64.4 Å². The van der Waals surface area contributed by atoms with Gasteiger partial charge in [0, 0.05) is 18.2 Å². The van der Waals surface area contributed by atoms with E-state index in [1.54, 1.807) is 21.2 Å². The number of rotatable bonds is 3.